The third-order valence-corrected chi connectivity index (χ3v) is 4.58. The van der Waals surface area contributed by atoms with Crippen LogP contribution in [0.15, 0.2) is 23.1 Å². The molecule has 0 spiro atoms. The smallest absolute Gasteiger partial charge is 0.253 e. The van der Waals surface area contributed by atoms with Crippen molar-refractivity contribution >= 4 is 38.3 Å². The third-order valence-electron chi connectivity index (χ3n) is 2.37. The van der Waals surface area contributed by atoms with Gasteiger partial charge in [0.05, 0.1) is 15.5 Å². The lowest BCUT2D eigenvalue weighted by Gasteiger charge is -2.13. The zero-order chi connectivity index (χ0) is 15.5. The molecule has 2 atom stereocenters. The van der Waals surface area contributed by atoms with Crippen molar-refractivity contribution < 1.29 is 17.4 Å². The molecule has 0 fully saturated rings. The summed E-state index contributed by atoms with van der Waals surface area (Å²) in [4.78, 5) is 11.8. The van der Waals surface area contributed by atoms with Crippen LogP contribution in [0.4, 0.5) is 0 Å². The number of amides is 1. The van der Waals surface area contributed by atoms with E-state index >= 15 is 0 Å². The number of nitrogens with one attached hydrogen (secondary N) is 1. The van der Waals surface area contributed by atoms with Crippen LogP contribution in [0.5, 0.6) is 0 Å². The predicted molar refractivity (Wildman–Crippen MR) is 78.7 cm³/mol. The van der Waals surface area contributed by atoms with Crippen LogP contribution < -0.4 is 10.5 Å². The van der Waals surface area contributed by atoms with E-state index in [1.807, 2.05) is 0 Å². The van der Waals surface area contributed by atoms with Gasteiger partial charge in [-0.05, 0) is 25.1 Å². The summed E-state index contributed by atoms with van der Waals surface area (Å²) in [5.74, 6) is -0.253. The number of sulfonamides is 1. The minimum atomic E-state index is -3.91. The largest absolute Gasteiger partial charge is 0.349 e. The van der Waals surface area contributed by atoms with E-state index in [2.05, 4.69) is 5.32 Å². The fourth-order valence-corrected chi connectivity index (χ4v) is 3.08. The molecule has 1 rings (SSSR count). The molecule has 1 amide bonds. The van der Waals surface area contributed by atoms with Gasteiger partial charge in [0.25, 0.3) is 5.91 Å². The zero-order valence-electron chi connectivity index (χ0n) is 10.9. The molecule has 3 N–H and O–H groups in total. The van der Waals surface area contributed by atoms with E-state index in [1.165, 1.54) is 18.4 Å². The highest BCUT2D eigenvalue weighted by Gasteiger charge is 2.17. The summed E-state index contributed by atoms with van der Waals surface area (Å²) in [6.07, 6.45) is 1.53. The van der Waals surface area contributed by atoms with Crippen molar-refractivity contribution in [1.29, 1.82) is 0 Å². The summed E-state index contributed by atoms with van der Waals surface area (Å²) in [5, 5.41) is 7.71. The number of carbonyl (C=O) groups is 1. The van der Waals surface area contributed by atoms with Crippen LogP contribution in [0, 0.1) is 0 Å². The third kappa shape index (κ3) is 4.86. The molecule has 9 heteroatoms. The maximum atomic E-state index is 12.0. The van der Waals surface area contributed by atoms with Crippen molar-refractivity contribution in [3.05, 3.63) is 28.8 Å². The molecule has 6 nitrogen and oxygen atoms in total. The molecular weight excluding hydrogens is 324 g/mol. The molecule has 0 aliphatic rings. The summed E-state index contributed by atoms with van der Waals surface area (Å²) in [6, 6.07) is 3.29. The first-order chi connectivity index (χ1) is 9.11. The molecule has 0 aromatic heterocycles. The number of benzene rings is 1. The van der Waals surface area contributed by atoms with E-state index in [0.717, 1.165) is 6.07 Å². The SMILES string of the molecule is CC(CS(C)=O)NC(=O)c1cc(S(N)(=O)=O)ccc1Cl. The van der Waals surface area contributed by atoms with Gasteiger partial charge in [-0.3, -0.25) is 9.00 Å². The molecule has 0 aliphatic carbocycles. The molecule has 112 valence electrons. The Morgan fingerprint density at radius 3 is 2.60 bits per heavy atom. The summed E-state index contributed by atoms with van der Waals surface area (Å²) >= 11 is 5.87. The number of hydrogen-bond acceptors (Lipinski definition) is 4. The number of halogens is 1. The fraction of sp³-hybridized carbons (Fsp3) is 0.364. The number of nitrogens with two attached hydrogens (primary N) is 1. The van der Waals surface area contributed by atoms with Crippen molar-refractivity contribution in [3.8, 4) is 0 Å². The van der Waals surface area contributed by atoms with Gasteiger partial charge in [-0.2, -0.15) is 0 Å². The molecule has 1 aromatic rings. The topological polar surface area (TPSA) is 106 Å². The molecule has 0 aliphatic heterocycles. The average molecular weight is 339 g/mol. The first-order valence-electron chi connectivity index (χ1n) is 5.54. The molecule has 0 saturated carbocycles. The molecule has 0 radical (unpaired) electrons. The molecule has 0 heterocycles. The Bertz CT molecular complexity index is 646. The second-order valence-corrected chi connectivity index (χ2v) is 7.75. The number of rotatable bonds is 5. The van der Waals surface area contributed by atoms with Crippen molar-refractivity contribution in [2.75, 3.05) is 12.0 Å². The predicted octanol–water partition coefficient (Wildman–Crippen LogP) is 0.484. The van der Waals surface area contributed by atoms with Gasteiger partial charge in [0.2, 0.25) is 10.0 Å². The van der Waals surface area contributed by atoms with Gasteiger partial charge in [-0.1, -0.05) is 11.6 Å². The highest BCUT2D eigenvalue weighted by molar-refractivity contribution is 7.89. The van der Waals surface area contributed by atoms with E-state index in [0.29, 0.717) is 0 Å². The normalized spacial score (nSPS) is 14.6. The molecule has 1 aromatic carbocycles. The van der Waals surface area contributed by atoms with E-state index in [-0.39, 0.29) is 27.3 Å². The van der Waals surface area contributed by atoms with Crippen LogP contribution in [0.3, 0.4) is 0 Å². The Morgan fingerprint density at radius 1 is 1.50 bits per heavy atom. The fourth-order valence-electron chi connectivity index (χ4n) is 1.55. The lowest BCUT2D eigenvalue weighted by atomic mass is 10.2. The highest BCUT2D eigenvalue weighted by atomic mass is 35.5. The van der Waals surface area contributed by atoms with Crippen molar-refractivity contribution in [2.45, 2.75) is 17.9 Å². The monoisotopic (exact) mass is 338 g/mol. The molecular formula is C11H15ClN2O4S2. The Hall–Kier alpha value is -0.960. The van der Waals surface area contributed by atoms with E-state index < -0.39 is 26.7 Å². The Labute approximate surface area is 125 Å². The van der Waals surface area contributed by atoms with Crippen molar-refractivity contribution in [2.24, 2.45) is 5.14 Å². The second kappa shape index (κ2) is 6.66. The lowest BCUT2D eigenvalue weighted by molar-refractivity contribution is 0.0943. The molecule has 0 saturated heterocycles. The van der Waals surface area contributed by atoms with Crippen LogP contribution in [-0.2, 0) is 20.8 Å². The quantitative estimate of drug-likeness (QED) is 0.814. The van der Waals surface area contributed by atoms with E-state index in [4.69, 9.17) is 16.7 Å². The molecule has 20 heavy (non-hydrogen) atoms. The minimum absolute atomic E-state index is 0.00641. The van der Waals surface area contributed by atoms with Crippen molar-refractivity contribution in [3.63, 3.8) is 0 Å². The minimum Gasteiger partial charge on any atom is -0.349 e. The van der Waals surface area contributed by atoms with E-state index in [1.54, 1.807) is 6.92 Å². The van der Waals surface area contributed by atoms with Gasteiger partial charge in [0.1, 0.15) is 0 Å². The van der Waals surface area contributed by atoms with Crippen LogP contribution in [0.25, 0.3) is 0 Å². The van der Waals surface area contributed by atoms with Crippen LogP contribution in [0.2, 0.25) is 5.02 Å². The van der Waals surface area contributed by atoms with Gasteiger partial charge >= 0.3 is 0 Å². The van der Waals surface area contributed by atoms with Gasteiger partial charge in [-0.25, -0.2) is 13.6 Å². The van der Waals surface area contributed by atoms with Crippen molar-refractivity contribution in [1.82, 2.24) is 5.32 Å². The van der Waals surface area contributed by atoms with Gasteiger partial charge < -0.3 is 5.32 Å². The Balaban J connectivity index is 3.01. The summed E-state index contributed by atoms with van der Waals surface area (Å²) in [7, 11) is -4.97. The summed E-state index contributed by atoms with van der Waals surface area (Å²) < 4.78 is 33.6. The zero-order valence-corrected chi connectivity index (χ0v) is 13.3. The van der Waals surface area contributed by atoms with Crippen LogP contribution >= 0.6 is 11.6 Å². The number of primary sulfonamides is 1. The second-order valence-electron chi connectivity index (χ2n) is 4.30. The number of carbonyl (C=O) groups excluding carboxylic acids is 1. The molecule has 0 bridgehead atoms. The number of hydrogen-bond donors (Lipinski definition) is 2. The lowest BCUT2D eigenvalue weighted by Crippen LogP contribution is -2.36. The van der Waals surface area contributed by atoms with Gasteiger partial charge in [0, 0.05) is 28.9 Å². The van der Waals surface area contributed by atoms with Crippen LogP contribution in [-0.4, -0.2) is 36.6 Å². The Morgan fingerprint density at radius 2 is 2.10 bits per heavy atom. The Kier molecular flexibility index (Phi) is 5.69. The maximum absolute atomic E-state index is 12.0. The van der Waals surface area contributed by atoms with Gasteiger partial charge in [-0.15, -0.1) is 0 Å². The van der Waals surface area contributed by atoms with Crippen LogP contribution in [0.1, 0.15) is 17.3 Å². The standard InChI is InChI=1S/C11H15ClN2O4S2/c1-7(6-19(2)16)14-11(15)9-5-8(20(13,17)18)3-4-10(9)12/h3-5,7H,6H2,1-2H3,(H,14,15)(H2,13,17,18). The summed E-state index contributed by atoms with van der Waals surface area (Å²) in [6.45, 7) is 1.69. The first-order valence-corrected chi connectivity index (χ1v) is 9.19. The molecule has 2 unspecified atom stereocenters. The highest BCUT2D eigenvalue weighted by Crippen LogP contribution is 2.20. The van der Waals surface area contributed by atoms with E-state index in [9.17, 15) is 17.4 Å². The first kappa shape index (κ1) is 17.1. The summed E-state index contributed by atoms with van der Waals surface area (Å²) in [5.41, 5.74) is 0.00641. The maximum Gasteiger partial charge on any atom is 0.253 e. The van der Waals surface area contributed by atoms with Gasteiger partial charge in [0.15, 0.2) is 0 Å². The average Bonchev–Trinajstić information content (AvgIpc) is 2.26.